The molecule has 6 aromatic carbocycles. The molecule has 0 saturated carbocycles. The second-order valence-corrected chi connectivity index (χ2v) is 10.1. The number of aromatic nitrogens is 3. The largest absolute Gasteiger partial charge is 0.436 e. The van der Waals surface area contributed by atoms with Crippen LogP contribution in [0.3, 0.4) is 0 Å². The van der Waals surface area contributed by atoms with Gasteiger partial charge in [-0.3, -0.25) is 0 Å². The zero-order valence-corrected chi connectivity index (χ0v) is 22.0. The smallest absolute Gasteiger partial charge is 0.227 e. The van der Waals surface area contributed by atoms with Crippen molar-refractivity contribution in [3.63, 3.8) is 0 Å². The average Bonchev–Trinajstić information content (AvgIpc) is 3.49. The second-order valence-electron chi connectivity index (χ2n) is 10.1. The molecule has 0 N–H and O–H groups in total. The number of para-hydroxylation sites is 4. The van der Waals surface area contributed by atoms with E-state index in [9.17, 15) is 0 Å². The van der Waals surface area contributed by atoms with Crippen LogP contribution in [0.15, 0.2) is 144 Å². The summed E-state index contributed by atoms with van der Waals surface area (Å²) in [5.41, 5.74) is 10.1. The van der Waals surface area contributed by atoms with Gasteiger partial charge in [0, 0.05) is 16.7 Å². The van der Waals surface area contributed by atoms with E-state index in [-0.39, 0.29) is 0 Å². The van der Waals surface area contributed by atoms with E-state index in [0.717, 1.165) is 55.8 Å². The molecule has 0 bridgehead atoms. The van der Waals surface area contributed by atoms with Crippen molar-refractivity contribution in [3.05, 3.63) is 140 Å². The topological polar surface area (TPSA) is 51.8 Å². The van der Waals surface area contributed by atoms with Gasteiger partial charge in [-0.15, -0.1) is 0 Å². The lowest BCUT2D eigenvalue weighted by atomic mass is 9.97. The normalized spacial score (nSPS) is 11.4. The number of nitrogens with zero attached hydrogens (tertiary/aromatic N) is 3. The third-order valence-corrected chi connectivity index (χ3v) is 7.47. The number of hydrogen-bond donors (Lipinski definition) is 0. The van der Waals surface area contributed by atoms with Crippen molar-refractivity contribution in [2.75, 3.05) is 0 Å². The second kappa shape index (κ2) is 9.54. The molecule has 0 aliphatic rings. The first kappa shape index (κ1) is 23.3. The lowest BCUT2D eigenvalue weighted by molar-refractivity contribution is 0.620. The van der Waals surface area contributed by atoms with E-state index in [1.807, 2.05) is 60.7 Å². The summed E-state index contributed by atoms with van der Waals surface area (Å²) in [5.74, 6) is 0.585. The average molecular weight is 526 g/mol. The van der Waals surface area contributed by atoms with Crippen LogP contribution in [-0.4, -0.2) is 15.0 Å². The molecule has 0 amide bonds. The van der Waals surface area contributed by atoms with Gasteiger partial charge in [0.05, 0.1) is 22.4 Å². The molecule has 0 spiro atoms. The molecule has 41 heavy (non-hydrogen) atoms. The number of rotatable bonds is 4. The zero-order chi connectivity index (χ0) is 27.2. The van der Waals surface area contributed by atoms with Crippen LogP contribution >= 0.6 is 0 Å². The van der Waals surface area contributed by atoms with Crippen molar-refractivity contribution in [1.82, 2.24) is 15.0 Å². The van der Waals surface area contributed by atoms with Crippen molar-refractivity contribution >= 4 is 32.9 Å². The Morgan fingerprint density at radius 1 is 0.366 bits per heavy atom. The Labute approximate surface area is 236 Å². The fraction of sp³-hybridized carbons (Fsp3) is 0. The summed E-state index contributed by atoms with van der Waals surface area (Å²) in [4.78, 5) is 15.0. The summed E-state index contributed by atoms with van der Waals surface area (Å²) in [6.07, 6.45) is 0. The maximum Gasteiger partial charge on any atom is 0.227 e. The van der Waals surface area contributed by atoms with Crippen LogP contribution in [0.1, 0.15) is 0 Å². The molecule has 0 radical (unpaired) electrons. The van der Waals surface area contributed by atoms with E-state index >= 15 is 0 Å². The molecule has 2 heterocycles. The molecule has 4 nitrogen and oxygen atoms in total. The molecule has 0 fully saturated rings. The van der Waals surface area contributed by atoms with Gasteiger partial charge in [-0.1, -0.05) is 91.0 Å². The third-order valence-electron chi connectivity index (χ3n) is 7.47. The molecular weight excluding hydrogens is 502 g/mol. The summed E-state index contributed by atoms with van der Waals surface area (Å²) in [6.45, 7) is 0. The highest BCUT2D eigenvalue weighted by molar-refractivity contribution is 5.90. The van der Waals surface area contributed by atoms with Crippen LogP contribution in [0.2, 0.25) is 0 Å². The number of fused-ring (bicyclic) bond motifs is 3. The van der Waals surface area contributed by atoms with Crippen molar-refractivity contribution in [2.45, 2.75) is 0 Å². The lowest BCUT2D eigenvalue weighted by Crippen LogP contribution is -1.96. The van der Waals surface area contributed by atoms with E-state index in [2.05, 4.69) is 78.9 Å². The minimum atomic E-state index is 0.585. The van der Waals surface area contributed by atoms with Crippen molar-refractivity contribution < 1.29 is 4.42 Å². The van der Waals surface area contributed by atoms with Crippen LogP contribution in [0.5, 0.6) is 0 Å². The maximum atomic E-state index is 6.08. The first-order valence-electron chi connectivity index (χ1n) is 13.6. The van der Waals surface area contributed by atoms with Crippen molar-refractivity contribution in [2.24, 2.45) is 0 Å². The fourth-order valence-corrected chi connectivity index (χ4v) is 5.41. The SMILES string of the molecule is c1cc(-c2ccc3ccccc3c2)cc(-c2nc3ccccc3nc2-c2cccc(-c3nc4ccccc4o3)c2)c1. The summed E-state index contributed by atoms with van der Waals surface area (Å²) >= 11 is 0. The predicted octanol–water partition coefficient (Wildman–Crippen LogP) is 9.59. The van der Waals surface area contributed by atoms with Gasteiger partial charge < -0.3 is 4.42 Å². The quantitative estimate of drug-likeness (QED) is 0.230. The Morgan fingerprint density at radius 2 is 0.927 bits per heavy atom. The summed E-state index contributed by atoms with van der Waals surface area (Å²) in [7, 11) is 0. The standard InChI is InChI=1S/C37H23N3O/c1-2-10-25-21-27(20-19-24(25)9-1)26-11-7-12-28(22-26)35-36(39-32-16-4-3-15-31(32)38-35)29-13-8-14-30(23-29)37-40-33-17-5-6-18-34(33)41-37/h1-23H. The highest BCUT2D eigenvalue weighted by Gasteiger charge is 2.16. The predicted molar refractivity (Wildman–Crippen MR) is 166 cm³/mol. The van der Waals surface area contributed by atoms with Gasteiger partial charge in [0.2, 0.25) is 5.89 Å². The van der Waals surface area contributed by atoms with Gasteiger partial charge in [0.25, 0.3) is 0 Å². The molecule has 4 heteroatoms. The fourth-order valence-electron chi connectivity index (χ4n) is 5.41. The molecular formula is C37H23N3O. The molecule has 0 unspecified atom stereocenters. The zero-order valence-electron chi connectivity index (χ0n) is 22.0. The maximum absolute atomic E-state index is 6.08. The van der Waals surface area contributed by atoms with Crippen LogP contribution in [0.25, 0.3) is 78.0 Å². The molecule has 0 aliphatic heterocycles. The van der Waals surface area contributed by atoms with E-state index in [1.165, 1.54) is 16.3 Å². The molecule has 0 saturated heterocycles. The van der Waals surface area contributed by atoms with Crippen molar-refractivity contribution in [3.8, 4) is 45.1 Å². The van der Waals surface area contributed by atoms with Crippen LogP contribution in [0.4, 0.5) is 0 Å². The first-order chi connectivity index (χ1) is 20.3. The Hall–Kier alpha value is -5.61. The van der Waals surface area contributed by atoms with Crippen LogP contribution < -0.4 is 0 Å². The molecule has 2 aromatic heterocycles. The molecule has 0 atom stereocenters. The van der Waals surface area contributed by atoms with Gasteiger partial charge in [0.1, 0.15) is 5.52 Å². The third kappa shape index (κ3) is 4.23. The molecule has 0 aliphatic carbocycles. The van der Waals surface area contributed by atoms with Crippen molar-refractivity contribution in [1.29, 1.82) is 0 Å². The van der Waals surface area contributed by atoms with Gasteiger partial charge >= 0.3 is 0 Å². The molecule has 192 valence electrons. The summed E-state index contributed by atoms with van der Waals surface area (Å²) < 4.78 is 6.08. The van der Waals surface area contributed by atoms with E-state index in [4.69, 9.17) is 19.4 Å². The van der Waals surface area contributed by atoms with E-state index in [0.29, 0.717) is 5.89 Å². The van der Waals surface area contributed by atoms with Gasteiger partial charge in [-0.25, -0.2) is 15.0 Å². The first-order valence-corrected chi connectivity index (χ1v) is 13.6. The summed E-state index contributed by atoms with van der Waals surface area (Å²) in [5, 5.41) is 2.45. The van der Waals surface area contributed by atoms with Gasteiger partial charge in [-0.05, 0) is 70.4 Å². The monoisotopic (exact) mass is 525 g/mol. The van der Waals surface area contributed by atoms with Crippen LogP contribution in [-0.2, 0) is 0 Å². The van der Waals surface area contributed by atoms with E-state index < -0.39 is 0 Å². The summed E-state index contributed by atoms with van der Waals surface area (Å²) in [6, 6.07) is 47.6. The highest BCUT2D eigenvalue weighted by Crippen LogP contribution is 2.35. The number of hydrogen-bond acceptors (Lipinski definition) is 4. The molecule has 8 aromatic rings. The van der Waals surface area contributed by atoms with Gasteiger partial charge in [0.15, 0.2) is 5.58 Å². The Morgan fingerprint density at radius 3 is 1.66 bits per heavy atom. The lowest BCUT2D eigenvalue weighted by Gasteiger charge is -2.13. The minimum absolute atomic E-state index is 0.585. The number of benzene rings is 6. The highest BCUT2D eigenvalue weighted by atomic mass is 16.3. The Kier molecular flexibility index (Phi) is 5.42. The molecule has 8 rings (SSSR count). The van der Waals surface area contributed by atoms with E-state index in [1.54, 1.807) is 0 Å². The minimum Gasteiger partial charge on any atom is -0.436 e. The Balaban J connectivity index is 1.28. The van der Waals surface area contributed by atoms with Gasteiger partial charge in [-0.2, -0.15) is 0 Å². The Bertz CT molecular complexity index is 2200. The number of oxazole rings is 1. The van der Waals surface area contributed by atoms with Crippen LogP contribution in [0, 0.1) is 0 Å².